The van der Waals surface area contributed by atoms with E-state index in [1.807, 2.05) is 0 Å². The third-order valence-electron chi connectivity index (χ3n) is 1.92. The summed E-state index contributed by atoms with van der Waals surface area (Å²) in [6, 6.07) is 2.06. The Morgan fingerprint density at radius 3 is 2.64 bits per heavy atom. The highest BCUT2D eigenvalue weighted by atomic mass is 32.1. The SMILES string of the molecule is COc1cc(F)cc(F)c1CCCS. The number of methoxy groups -OCH3 is 1. The summed E-state index contributed by atoms with van der Waals surface area (Å²) in [7, 11) is 1.40. The van der Waals surface area contributed by atoms with Crippen molar-refractivity contribution < 1.29 is 13.5 Å². The number of ether oxygens (including phenoxy) is 1. The third kappa shape index (κ3) is 2.61. The second kappa shape index (κ2) is 5.20. The monoisotopic (exact) mass is 218 g/mol. The maximum absolute atomic E-state index is 13.3. The topological polar surface area (TPSA) is 9.23 Å². The van der Waals surface area contributed by atoms with Crippen molar-refractivity contribution in [1.29, 1.82) is 0 Å². The predicted octanol–water partition coefficient (Wildman–Crippen LogP) is 2.84. The maximum atomic E-state index is 13.3. The highest BCUT2D eigenvalue weighted by Crippen LogP contribution is 2.24. The standard InChI is InChI=1S/C10H12F2OS/c1-13-10-6-7(11)5-9(12)8(10)3-2-4-14/h5-6,14H,2-4H2,1H3. The van der Waals surface area contributed by atoms with Crippen molar-refractivity contribution in [1.82, 2.24) is 0 Å². The first-order chi connectivity index (χ1) is 6.69. The third-order valence-corrected chi connectivity index (χ3v) is 2.24. The molecule has 0 saturated heterocycles. The minimum atomic E-state index is -0.617. The Bertz CT molecular complexity index is 315. The number of hydrogen-bond donors (Lipinski definition) is 1. The minimum absolute atomic E-state index is 0.268. The molecule has 0 amide bonds. The number of thiol groups is 1. The molecule has 0 aliphatic heterocycles. The Balaban J connectivity index is 2.99. The van der Waals surface area contributed by atoms with E-state index in [9.17, 15) is 8.78 Å². The quantitative estimate of drug-likeness (QED) is 0.764. The summed E-state index contributed by atoms with van der Waals surface area (Å²) in [5, 5.41) is 0. The summed E-state index contributed by atoms with van der Waals surface area (Å²) in [4.78, 5) is 0. The molecule has 0 atom stereocenters. The highest BCUT2D eigenvalue weighted by Gasteiger charge is 2.10. The predicted molar refractivity (Wildman–Crippen MR) is 55.1 cm³/mol. The lowest BCUT2D eigenvalue weighted by atomic mass is 10.1. The van der Waals surface area contributed by atoms with Crippen LogP contribution in [-0.2, 0) is 6.42 Å². The lowest BCUT2D eigenvalue weighted by molar-refractivity contribution is 0.399. The molecule has 0 bridgehead atoms. The fraction of sp³-hybridized carbons (Fsp3) is 0.400. The summed E-state index contributed by atoms with van der Waals surface area (Å²) in [5.41, 5.74) is 0.419. The van der Waals surface area contributed by atoms with Crippen LogP contribution in [0.25, 0.3) is 0 Å². The molecule has 0 spiro atoms. The molecule has 1 aromatic carbocycles. The zero-order valence-electron chi connectivity index (χ0n) is 7.89. The van der Waals surface area contributed by atoms with E-state index in [4.69, 9.17) is 4.74 Å². The first kappa shape index (κ1) is 11.3. The lowest BCUT2D eigenvalue weighted by Crippen LogP contribution is -1.98. The summed E-state index contributed by atoms with van der Waals surface area (Å²) >= 11 is 4.03. The average Bonchev–Trinajstić information content (AvgIpc) is 2.15. The van der Waals surface area contributed by atoms with Crippen molar-refractivity contribution in [3.05, 3.63) is 29.3 Å². The van der Waals surface area contributed by atoms with Gasteiger partial charge in [-0.3, -0.25) is 0 Å². The fourth-order valence-corrected chi connectivity index (χ4v) is 1.42. The number of rotatable bonds is 4. The molecule has 1 rings (SSSR count). The smallest absolute Gasteiger partial charge is 0.133 e. The Morgan fingerprint density at radius 2 is 2.07 bits per heavy atom. The lowest BCUT2D eigenvalue weighted by Gasteiger charge is -2.08. The van der Waals surface area contributed by atoms with E-state index in [1.54, 1.807) is 0 Å². The number of benzene rings is 1. The largest absolute Gasteiger partial charge is 0.496 e. The van der Waals surface area contributed by atoms with Crippen molar-refractivity contribution >= 4 is 12.6 Å². The Hall–Kier alpha value is -0.770. The molecular weight excluding hydrogens is 206 g/mol. The van der Waals surface area contributed by atoms with Crippen LogP contribution in [0.2, 0.25) is 0 Å². The van der Waals surface area contributed by atoms with Gasteiger partial charge in [-0.1, -0.05) is 0 Å². The van der Waals surface area contributed by atoms with Gasteiger partial charge in [-0.15, -0.1) is 0 Å². The first-order valence-corrected chi connectivity index (χ1v) is 4.95. The van der Waals surface area contributed by atoms with Crippen LogP contribution >= 0.6 is 12.6 Å². The molecule has 0 aliphatic carbocycles. The maximum Gasteiger partial charge on any atom is 0.133 e. The van der Waals surface area contributed by atoms with E-state index in [0.29, 0.717) is 17.7 Å². The van der Waals surface area contributed by atoms with E-state index >= 15 is 0 Å². The summed E-state index contributed by atoms with van der Waals surface area (Å²) < 4.78 is 31.0. The van der Waals surface area contributed by atoms with Crippen LogP contribution in [0.15, 0.2) is 12.1 Å². The van der Waals surface area contributed by atoms with Gasteiger partial charge in [0, 0.05) is 17.7 Å². The zero-order chi connectivity index (χ0) is 10.6. The molecule has 78 valence electrons. The van der Waals surface area contributed by atoms with E-state index in [1.165, 1.54) is 13.2 Å². The van der Waals surface area contributed by atoms with Gasteiger partial charge in [-0.25, -0.2) is 8.78 Å². The van der Waals surface area contributed by atoms with Gasteiger partial charge in [0.15, 0.2) is 0 Å². The van der Waals surface area contributed by atoms with Gasteiger partial charge in [-0.2, -0.15) is 12.6 Å². The molecule has 1 aromatic rings. The first-order valence-electron chi connectivity index (χ1n) is 4.31. The minimum Gasteiger partial charge on any atom is -0.496 e. The van der Waals surface area contributed by atoms with Gasteiger partial charge >= 0.3 is 0 Å². The summed E-state index contributed by atoms with van der Waals surface area (Å²) in [5.74, 6) is -0.234. The second-order valence-corrected chi connectivity index (χ2v) is 3.34. The van der Waals surface area contributed by atoms with Crippen LogP contribution in [0, 0.1) is 11.6 Å². The van der Waals surface area contributed by atoms with Crippen LogP contribution < -0.4 is 4.74 Å². The second-order valence-electron chi connectivity index (χ2n) is 2.90. The van der Waals surface area contributed by atoms with Crippen LogP contribution in [-0.4, -0.2) is 12.9 Å². The highest BCUT2D eigenvalue weighted by molar-refractivity contribution is 7.80. The molecule has 0 saturated carbocycles. The molecule has 4 heteroatoms. The zero-order valence-corrected chi connectivity index (χ0v) is 8.78. The van der Waals surface area contributed by atoms with Gasteiger partial charge < -0.3 is 4.74 Å². The van der Waals surface area contributed by atoms with Gasteiger partial charge in [0.1, 0.15) is 17.4 Å². The summed E-state index contributed by atoms with van der Waals surface area (Å²) in [6.45, 7) is 0. The van der Waals surface area contributed by atoms with Crippen molar-refractivity contribution in [2.24, 2.45) is 0 Å². The van der Waals surface area contributed by atoms with Gasteiger partial charge in [0.05, 0.1) is 7.11 Å². The number of hydrogen-bond acceptors (Lipinski definition) is 2. The molecule has 0 unspecified atom stereocenters. The molecule has 0 radical (unpaired) electrons. The van der Waals surface area contributed by atoms with E-state index < -0.39 is 11.6 Å². The molecule has 14 heavy (non-hydrogen) atoms. The van der Waals surface area contributed by atoms with Crippen LogP contribution in [0.4, 0.5) is 8.78 Å². The van der Waals surface area contributed by atoms with Crippen molar-refractivity contribution in [2.75, 3.05) is 12.9 Å². The molecule has 0 fully saturated rings. The fourth-order valence-electron chi connectivity index (χ4n) is 1.26. The van der Waals surface area contributed by atoms with Crippen molar-refractivity contribution in [2.45, 2.75) is 12.8 Å². The Kier molecular flexibility index (Phi) is 4.20. The molecular formula is C10H12F2OS. The molecule has 0 aliphatic rings. The Morgan fingerprint density at radius 1 is 1.36 bits per heavy atom. The van der Waals surface area contributed by atoms with E-state index in [2.05, 4.69) is 12.6 Å². The molecule has 0 N–H and O–H groups in total. The van der Waals surface area contributed by atoms with Crippen LogP contribution in [0.1, 0.15) is 12.0 Å². The van der Waals surface area contributed by atoms with Crippen molar-refractivity contribution in [3.63, 3.8) is 0 Å². The molecule has 0 aromatic heterocycles. The normalized spacial score (nSPS) is 10.3. The summed E-state index contributed by atoms with van der Waals surface area (Å²) in [6.07, 6.45) is 1.25. The average molecular weight is 218 g/mol. The van der Waals surface area contributed by atoms with Crippen LogP contribution in [0.5, 0.6) is 5.75 Å². The van der Waals surface area contributed by atoms with E-state index in [-0.39, 0.29) is 5.75 Å². The molecule has 0 heterocycles. The van der Waals surface area contributed by atoms with Gasteiger partial charge in [0.2, 0.25) is 0 Å². The number of halogens is 2. The molecule has 1 nitrogen and oxygen atoms in total. The van der Waals surface area contributed by atoms with Gasteiger partial charge in [-0.05, 0) is 18.6 Å². The van der Waals surface area contributed by atoms with Gasteiger partial charge in [0.25, 0.3) is 0 Å². The van der Waals surface area contributed by atoms with E-state index in [0.717, 1.165) is 12.5 Å². The van der Waals surface area contributed by atoms with Crippen LogP contribution in [0.3, 0.4) is 0 Å². The Labute approximate surface area is 87.5 Å². The van der Waals surface area contributed by atoms with Crippen molar-refractivity contribution in [3.8, 4) is 5.75 Å².